The van der Waals surface area contributed by atoms with Crippen molar-refractivity contribution in [3.05, 3.63) is 159 Å². The third-order valence-corrected chi connectivity index (χ3v) is 9.65. The summed E-state index contributed by atoms with van der Waals surface area (Å²) in [5, 5.41) is 21.8. The highest BCUT2D eigenvalue weighted by molar-refractivity contribution is 6.10. The maximum atomic E-state index is 12.5. The Balaban J connectivity index is 0.000000174. The molecule has 0 amide bonds. The van der Waals surface area contributed by atoms with Crippen molar-refractivity contribution in [3.63, 3.8) is 0 Å². The molecule has 2 aromatic carbocycles. The van der Waals surface area contributed by atoms with Crippen LogP contribution in [-0.2, 0) is 13.1 Å². The van der Waals surface area contributed by atoms with Gasteiger partial charge in [0, 0.05) is 87.6 Å². The predicted octanol–water partition coefficient (Wildman–Crippen LogP) is 7.50. The fourth-order valence-electron chi connectivity index (χ4n) is 7.28. The molecule has 286 valence electrons. The number of carboxylic acids is 2. The monoisotopic (exact) mass is 761 g/mol. The van der Waals surface area contributed by atoms with E-state index in [4.69, 9.17) is 10.5 Å². The summed E-state index contributed by atoms with van der Waals surface area (Å²) >= 11 is 0. The first-order chi connectivity index (χ1) is 27.4. The van der Waals surface area contributed by atoms with E-state index in [2.05, 4.69) is 19.9 Å². The van der Waals surface area contributed by atoms with E-state index in [9.17, 15) is 24.6 Å². The number of pyridine rings is 4. The molecule has 57 heavy (non-hydrogen) atoms. The first-order valence-electron chi connectivity index (χ1n) is 18.0. The van der Waals surface area contributed by atoms with Crippen LogP contribution in [0.2, 0.25) is 0 Å². The molecule has 0 atom stereocenters. The number of aryl methyl sites for hydroxylation is 3. The minimum atomic E-state index is -1.10. The highest BCUT2D eigenvalue weighted by Gasteiger charge is 2.27. The van der Waals surface area contributed by atoms with E-state index < -0.39 is 11.9 Å². The summed E-state index contributed by atoms with van der Waals surface area (Å²) in [7, 11) is 1.54. The number of nitrogens with two attached hydrogens (primary N) is 1. The number of H-pyrrole nitrogens is 1. The van der Waals surface area contributed by atoms with Gasteiger partial charge in [-0.3, -0.25) is 9.78 Å². The molecule has 0 aliphatic rings. The second-order valence-electron chi connectivity index (χ2n) is 13.6. The molecule has 0 unspecified atom stereocenters. The second-order valence-corrected chi connectivity index (χ2v) is 13.6. The second kappa shape index (κ2) is 15.7. The van der Waals surface area contributed by atoms with Gasteiger partial charge in [0.05, 0.1) is 7.11 Å². The van der Waals surface area contributed by atoms with Gasteiger partial charge in [0.2, 0.25) is 5.88 Å². The van der Waals surface area contributed by atoms with Gasteiger partial charge in [-0.15, -0.1) is 0 Å². The molecule has 5 N–H and O–H groups in total. The molecule has 0 saturated carbocycles. The van der Waals surface area contributed by atoms with Crippen molar-refractivity contribution < 1.29 is 24.5 Å². The number of methoxy groups -OCH3 is 1. The van der Waals surface area contributed by atoms with E-state index in [0.717, 1.165) is 49.8 Å². The number of aromatic carboxylic acids is 2. The van der Waals surface area contributed by atoms with Gasteiger partial charge in [-0.05, 0) is 105 Å². The Labute approximate surface area is 326 Å². The minimum absolute atomic E-state index is 0.0627. The van der Waals surface area contributed by atoms with Gasteiger partial charge in [0.1, 0.15) is 17.2 Å². The van der Waals surface area contributed by atoms with Crippen molar-refractivity contribution in [1.82, 2.24) is 29.1 Å². The van der Waals surface area contributed by atoms with Crippen LogP contribution in [-0.4, -0.2) is 58.3 Å². The van der Waals surface area contributed by atoms with Crippen LogP contribution in [0, 0.1) is 20.8 Å². The van der Waals surface area contributed by atoms with Crippen molar-refractivity contribution >= 4 is 39.6 Å². The number of rotatable bonds is 9. The van der Waals surface area contributed by atoms with Crippen molar-refractivity contribution in [1.29, 1.82) is 0 Å². The lowest BCUT2D eigenvalue weighted by Gasteiger charge is -2.11. The summed E-state index contributed by atoms with van der Waals surface area (Å²) in [6, 6.07) is 26.0. The molecule has 0 radical (unpaired) electrons. The average molecular weight is 762 g/mol. The normalized spacial score (nSPS) is 11.0. The number of nitrogens with one attached hydrogen (secondary N) is 1. The van der Waals surface area contributed by atoms with Crippen LogP contribution < -0.4 is 16.0 Å². The molecular formula is C44H39N7O6. The zero-order valence-electron chi connectivity index (χ0n) is 31.6. The van der Waals surface area contributed by atoms with E-state index in [1.54, 1.807) is 53.5 Å². The standard InChI is InChI=1S/C23H21N3O3.C21H18N4O3/c1-14-6-7-19-18(11-14)20(17-5-4-9-25-22(17)29-3)21(23(27)28)26(19)13-16-8-10-24-15(2)12-16;1-12-4-5-16-15(9-12)18(14-3-2-7-24-20(14)26)19(21(27)28)25(16)11-13-6-8-23-17(22)10-13/h4-12H,13H2,1-3H3,(H,27,28);2-10H,11H2,1H3,(H2,22,23)(H,24,26)(H,27,28). The van der Waals surface area contributed by atoms with Crippen LogP contribution in [0.25, 0.3) is 44.1 Å². The Bertz CT molecular complexity index is 2890. The summed E-state index contributed by atoms with van der Waals surface area (Å²) in [4.78, 5) is 52.3. The lowest BCUT2D eigenvalue weighted by Crippen LogP contribution is -2.13. The number of nitrogens with zero attached hydrogens (tertiary/aromatic N) is 5. The number of fused-ring (bicyclic) bond motifs is 2. The molecule has 0 aliphatic carbocycles. The number of carbonyl (C=O) groups is 2. The van der Waals surface area contributed by atoms with Gasteiger partial charge in [-0.25, -0.2) is 19.6 Å². The number of hydrogen-bond donors (Lipinski definition) is 4. The molecule has 8 aromatic rings. The van der Waals surface area contributed by atoms with Gasteiger partial charge in [-0.1, -0.05) is 23.3 Å². The van der Waals surface area contributed by atoms with E-state index in [1.807, 2.05) is 79.9 Å². The Morgan fingerprint density at radius 1 is 0.702 bits per heavy atom. The van der Waals surface area contributed by atoms with Gasteiger partial charge in [0.25, 0.3) is 5.56 Å². The molecule has 0 bridgehead atoms. The average Bonchev–Trinajstić information content (AvgIpc) is 3.66. The Morgan fingerprint density at radius 3 is 1.81 bits per heavy atom. The summed E-state index contributed by atoms with van der Waals surface area (Å²) in [6.45, 7) is 6.56. The maximum Gasteiger partial charge on any atom is 0.353 e. The van der Waals surface area contributed by atoms with Crippen molar-refractivity contribution in [3.8, 4) is 28.1 Å². The number of anilines is 1. The Hall–Kier alpha value is -7.54. The lowest BCUT2D eigenvalue weighted by molar-refractivity contribution is 0.0676. The zero-order chi connectivity index (χ0) is 40.4. The van der Waals surface area contributed by atoms with E-state index in [-0.39, 0.29) is 16.9 Å². The highest BCUT2D eigenvalue weighted by atomic mass is 16.5. The third-order valence-electron chi connectivity index (χ3n) is 9.65. The topological polar surface area (TPSA) is 191 Å². The number of hydrogen-bond acceptors (Lipinski definition) is 8. The van der Waals surface area contributed by atoms with Crippen LogP contribution >= 0.6 is 0 Å². The molecule has 0 saturated heterocycles. The fraction of sp³-hybridized carbons (Fsp3) is 0.136. The number of nitrogen functional groups attached to an aromatic ring is 1. The molecule has 8 rings (SSSR count). The Kier molecular flexibility index (Phi) is 10.4. The van der Waals surface area contributed by atoms with E-state index >= 15 is 0 Å². The van der Waals surface area contributed by atoms with E-state index in [0.29, 0.717) is 47.0 Å². The molecule has 0 fully saturated rings. The smallest absolute Gasteiger partial charge is 0.353 e. The van der Waals surface area contributed by atoms with E-state index in [1.165, 1.54) is 13.3 Å². The number of carboxylic acid groups (broad SMARTS) is 2. The first-order valence-corrected chi connectivity index (χ1v) is 18.0. The van der Waals surface area contributed by atoms with Gasteiger partial charge in [-0.2, -0.15) is 0 Å². The SMILES string of the molecule is COc1ncccc1-c1c(C(=O)O)n(Cc2ccnc(C)c2)c2ccc(C)cc12.Cc1ccc2c(c1)c(-c1ccc[nH]c1=O)c(C(=O)O)n2Cc1ccnc(N)c1. The first kappa shape index (κ1) is 37.8. The molecule has 13 nitrogen and oxygen atoms in total. The van der Waals surface area contributed by atoms with Crippen molar-refractivity contribution in [2.75, 3.05) is 12.8 Å². The van der Waals surface area contributed by atoms with Crippen LogP contribution in [0.15, 0.2) is 115 Å². The molecular weight excluding hydrogens is 723 g/mol. The molecule has 6 aromatic heterocycles. The molecule has 6 heterocycles. The number of aromatic nitrogens is 6. The van der Waals surface area contributed by atoms with Gasteiger partial charge < -0.3 is 34.8 Å². The van der Waals surface area contributed by atoms with Gasteiger partial charge >= 0.3 is 11.9 Å². The number of benzene rings is 2. The predicted molar refractivity (Wildman–Crippen MR) is 219 cm³/mol. The zero-order valence-corrected chi connectivity index (χ0v) is 31.6. The highest BCUT2D eigenvalue weighted by Crippen LogP contribution is 2.40. The summed E-state index contributed by atoms with van der Waals surface area (Å²) in [5.74, 6) is -1.34. The Morgan fingerprint density at radius 2 is 1.26 bits per heavy atom. The maximum absolute atomic E-state index is 12.5. The molecule has 13 heteroatoms. The lowest BCUT2D eigenvalue weighted by atomic mass is 10.0. The summed E-state index contributed by atoms with van der Waals surface area (Å²) in [6.07, 6.45) is 6.49. The number of aromatic amines is 1. The quantitative estimate of drug-likeness (QED) is 0.115. The van der Waals surface area contributed by atoms with Crippen LogP contribution in [0.1, 0.15) is 48.9 Å². The van der Waals surface area contributed by atoms with Crippen LogP contribution in [0.3, 0.4) is 0 Å². The number of ether oxygens (including phenoxy) is 1. The third kappa shape index (κ3) is 7.45. The summed E-state index contributed by atoms with van der Waals surface area (Å²) in [5.41, 5.74) is 14.0. The van der Waals surface area contributed by atoms with Crippen molar-refractivity contribution in [2.45, 2.75) is 33.9 Å². The molecule has 0 aliphatic heterocycles. The summed E-state index contributed by atoms with van der Waals surface area (Å²) < 4.78 is 8.98. The van der Waals surface area contributed by atoms with Crippen LogP contribution in [0.4, 0.5) is 5.82 Å². The largest absolute Gasteiger partial charge is 0.481 e. The van der Waals surface area contributed by atoms with Crippen molar-refractivity contribution in [2.24, 2.45) is 0 Å². The minimum Gasteiger partial charge on any atom is -0.481 e. The molecule has 0 spiro atoms. The fourth-order valence-corrected chi connectivity index (χ4v) is 7.28. The van der Waals surface area contributed by atoms with Crippen LogP contribution in [0.5, 0.6) is 5.88 Å². The van der Waals surface area contributed by atoms with Gasteiger partial charge in [0.15, 0.2) is 0 Å².